The van der Waals surface area contributed by atoms with E-state index in [9.17, 15) is 0 Å². The first kappa shape index (κ1) is 9.69. The Hall–Kier alpha value is -0.860. The number of hydrogen-bond acceptors (Lipinski definition) is 2. The van der Waals surface area contributed by atoms with Crippen LogP contribution in [0.1, 0.15) is 31.1 Å². The van der Waals surface area contributed by atoms with Gasteiger partial charge in [-0.1, -0.05) is 24.3 Å². The molecule has 1 heterocycles. The first-order chi connectivity index (χ1) is 6.65. The van der Waals surface area contributed by atoms with Crippen LogP contribution in [0.2, 0.25) is 0 Å². The Bertz CT molecular complexity index is 333. The lowest BCUT2D eigenvalue weighted by atomic mass is 9.95. The number of fused-ring (bicyclic) bond motifs is 1. The molecule has 2 rings (SSSR count). The van der Waals surface area contributed by atoms with Gasteiger partial charge in [-0.15, -0.1) is 0 Å². The summed E-state index contributed by atoms with van der Waals surface area (Å²) in [6.07, 6.45) is 0.200. The van der Waals surface area contributed by atoms with Gasteiger partial charge in [-0.25, -0.2) is 0 Å². The van der Waals surface area contributed by atoms with E-state index in [0.717, 1.165) is 6.54 Å². The largest absolute Gasteiger partial charge is 0.362 e. The summed E-state index contributed by atoms with van der Waals surface area (Å²) in [6, 6.07) is 8.47. The Morgan fingerprint density at radius 1 is 1.36 bits per heavy atom. The first-order valence-electron chi connectivity index (χ1n) is 5.07. The Kier molecular flexibility index (Phi) is 2.33. The zero-order valence-corrected chi connectivity index (χ0v) is 9.00. The van der Waals surface area contributed by atoms with E-state index in [1.807, 2.05) is 7.05 Å². The Morgan fingerprint density at radius 3 is 2.79 bits per heavy atom. The van der Waals surface area contributed by atoms with Crippen molar-refractivity contribution in [2.45, 2.75) is 25.6 Å². The normalized spacial score (nSPS) is 23.5. The monoisotopic (exact) mass is 191 g/mol. The molecule has 1 N–H and O–H groups in total. The molecule has 1 aromatic rings. The van der Waals surface area contributed by atoms with Gasteiger partial charge in [-0.2, -0.15) is 0 Å². The van der Waals surface area contributed by atoms with Crippen LogP contribution in [0.15, 0.2) is 24.3 Å². The molecule has 1 unspecified atom stereocenters. The van der Waals surface area contributed by atoms with Gasteiger partial charge in [0.25, 0.3) is 0 Å². The van der Waals surface area contributed by atoms with Gasteiger partial charge in [0, 0.05) is 6.54 Å². The van der Waals surface area contributed by atoms with Gasteiger partial charge >= 0.3 is 0 Å². The smallest absolute Gasteiger partial charge is 0.0964 e. The summed E-state index contributed by atoms with van der Waals surface area (Å²) < 4.78 is 6.00. The molecule has 0 aliphatic carbocycles. The molecule has 0 amide bonds. The maximum Gasteiger partial charge on any atom is 0.0964 e. The highest BCUT2D eigenvalue weighted by Gasteiger charge is 2.36. The molecule has 1 aromatic carbocycles. The van der Waals surface area contributed by atoms with Crippen LogP contribution in [0, 0.1) is 0 Å². The molecule has 0 saturated carbocycles. The van der Waals surface area contributed by atoms with E-state index in [-0.39, 0.29) is 11.7 Å². The molecule has 0 aromatic heterocycles. The topological polar surface area (TPSA) is 21.3 Å². The predicted octanol–water partition coefficient (Wildman–Crippen LogP) is 2.21. The number of ether oxygens (including phenoxy) is 1. The van der Waals surface area contributed by atoms with Gasteiger partial charge in [0.05, 0.1) is 11.7 Å². The fourth-order valence-electron chi connectivity index (χ4n) is 2.15. The van der Waals surface area contributed by atoms with Crippen molar-refractivity contribution < 1.29 is 4.74 Å². The molecule has 0 spiro atoms. The molecule has 0 fully saturated rings. The fourth-order valence-corrected chi connectivity index (χ4v) is 2.15. The summed E-state index contributed by atoms with van der Waals surface area (Å²) in [5.74, 6) is 0. The highest BCUT2D eigenvalue weighted by Crippen LogP contribution is 2.42. The SMILES string of the molecule is CNCC1OC(C)(C)c2ccccc21. The summed E-state index contributed by atoms with van der Waals surface area (Å²) in [5, 5.41) is 3.16. The summed E-state index contributed by atoms with van der Waals surface area (Å²) in [6.45, 7) is 5.13. The van der Waals surface area contributed by atoms with Crippen molar-refractivity contribution in [1.82, 2.24) is 5.32 Å². The molecule has 76 valence electrons. The number of rotatable bonds is 2. The van der Waals surface area contributed by atoms with Crippen molar-refractivity contribution >= 4 is 0 Å². The summed E-state index contributed by atoms with van der Waals surface area (Å²) in [7, 11) is 1.96. The van der Waals surface area contributed by atoms with Crippen LogP contribution in [-0.2, 0) is 10.3 Å². The highest BCUT2D eigenvalue weighted by molar-refractivity contribution is 5.37. The van der Waals surface area contributed by atoms with Gasteiger partial charge < -0.3 is 10.1 Å². The van der Waals surface area contributed by atoms with E-state index >= 15 is 0 Å². The van der Waals surface area contributed by atoms with Crippen LogP contribution in [-0.4, -0.2) is 13.6 Å². The molecule has 1 aliphatic heterocycles. The van der Waals surface area contributed by atoms with Crippen LogP contribution >= 0.6 is 0 Å². The second kappa shape index (κ2) is 3.37. The minimum atomic E-state index is -0.141. The van der Waals surface area contributed by atoms with E-state index in [0.29, 0.717) is 0 Å². The van der Waals surface area contributed by atoms with Crippen molar-refractivity contribution in [3.8, 4) is 0 Å². The van der Waals surface area contributed by atoms with Crippen LogP contribution < -0.4 is 5.32 Å². The van der Waals surface area contributed by atoms with E-state index in [2.05, 4.69) is 43.4 Å². The van der Waals surface area contributed by atoms with Crippen molar-refractivity contribution in [3.05, 3.63) is 35.4 Å². The van der Waals surface area contributed by atoms with Gasteiger partial charge in [0.2, 0.25) is 0 Å². The molecule has 0 saturated heterocycles. The zero-order chi connectivity index (χ0) is 10.2. The van der Waals surface area contributed by atoms with Gasteiger partial charge in [0.1, 0.15) is 0 Å². The van der Waals surface area contributed by atoms with Crippen LogP contribution in [0.3, 0.4) is 0 Å². The summed E-state index contributed by atoms with van der Waals surface area (Å²) in [5.41, 5.74) is 2.50. The standard InChI is InChI=1S/C12H17NO/c1-12(2)10-7-5-4-6-9(10)11(14-12)8-13-3/h4-7,11,13H,8H2,1-3H3. The molecular formula is C12H17NO. The number of nitrogens with one attached hydrogen (secondary N) is 1. The van der Waals surface area contributed by atoms with Crippen molar-refractivity contribution in [2.24, 2.45) is 0 Å². The third-order valence-corrected chi connectivity index (χ3v) is 2.78. The van der Waals surface area contributed by atoms with Gasteiger partial charge in [-0.05, 0) is 32.0 Å². The van der Waals surface area contributed by atoms with Crippen LogP contribution in [0.25, 0.3) is 0 Å². The van der Waals surface area contributed by atoms with Crippen molar-refractivity contribution in [1.29, 1.82) is 0 Å². The third-order valence-electron chi connectivity index (χ3n) is 2.78. The predicted molar refractivity (Wildman–Crippen MR) is 57.2 cm³/mol. The van der Waals surface area contributed by atoms with Gasteiger partial charge in [-0.3, -0.25) is 0 Å². The molecule has 1 atom stereocenters. The second-order valence-electron chi connectivity index (χ2n) is 4.26. The third kappa shape index (κ3) is 1.45. The minimum absolute atomic E-state index is 0.141. The summed E-state index contributed by atoms with van der Waals surface area (Å²) >= 11 is 0. The Labute approximate surface area is 85.3 Å². The Morgan fingerprint density at radius 2 is 2.07 bits per heavy atom. The van der Waals surface area contributed by atoms with E-state index in [1.165, 1.54) is 11.1 Å². The summed E-state index contributed by atoms with van der Waals surface area (Å²) in [4.78, 5) is 0. The van der Waals surface area contributed by atoms with Gasteiger partial charge in [0.15, 0.2) is 0 Å². The van der Waals surface area contributed by atoms with Crippen molar-refractivity contribution in [3.63, 3.8) is 0 Å². The number of likely N-dealkylation sites (N-methyl/N-ethyl adjacent to an activating group) is 1. The van der Waals surface area contributed by atoms with Crippen LogP contribution in [0.5, 0.6) is 0 Å². The minimum Gasteiger partial charge on any atom is -0.362 e. The van der Waals surface area contributed by atoms with E-state index < -0.39 is 0 Å². The van der Waals surface area contributed by atoms with Crippen molar-refractivity contribution in [2.75, 3.05) is 13.6 Å². The molecule has 1 aliphatic rings. The molecular weight excluding hydrogens is 174 g/mol. The fraction of sp³-hybridized carbons (Fsp3) is 0.500. The van der Waals surface area contributed by atoms with Crippen LogP contribution in [0.4, 0.5) is 0 Å². The average molecular weight is 191 g/mol. The maximum atomic E-state index is 6.00. The molecule has 2 nitrogen and oxygen atoms in total. The average Bonchev–Trinajstić information content (AvgIpc) is 2.41. The lowest BCUT2D eigenvalue weighted by molar-refractivity contribution is -0.0502. The zero-order valence-electron chi connectivity index (χ0n) is 9.00. The molecule has 0 bridgehead atoms. The van der Waals surface area contributed by atoms with E-state index in [1.54, 1.807) is 0 Å². The number of hydrogen-bond donors (Lipinski definition) is 1. The lowest BCUT2D eigenvalue weighted by Crippen LogP contribution is -2.20. The molecule has 2 heteroatoms. The lowest BCUT2D eigenvalue weighted by Gasteiger charge is -2.20. The number of benzene rings is 1. The molecule has 14 heavy (non-hydrogen) atoms. The molecule has 0 radical (unpaired) electrons. The first-order valence-corrected chi connectivity index (χ1v) is 5.07. The maximum absolute atomic E-state index is 6.00. The second-order valence-corrected chi connectivity index (χ2v) is 4.26. The Balaban J connectivity index is 2.39. The quantitative estimate of drug-likeness (QED) is 0.774. The van der Waals surface area contributed by atoms with E-state index in [4.69, 9.17) is 4.74 Å². The highest BCUT2D eigenvalue weighted by atomic mass is 16.5.